The summed E-state index contributed by atoms with van der Waals surface area (Å²) in [4.78, 5) is 4.65. The smallest absolute Gasteiger partial charge is 0.177 e. The molecule has 31 heavy (non-hydrogen) atoms. The number of nitriles is 2. The molecule has 5 aromatic rings. The molecule has 0 saturated heterocycles. The zero-order chi connectivity index (χ0) is 21.2. The molecule has 6 heteroatoms. The number of nitrogens with zero attached hydrogens (tertiary/aromatic N) is 5. The summed E-state index contributed by atoms with van der Waals surface area (Å²) in [5, 5.41) is 20.6. The van der Waals surface area contributed by atoms with Crippen LogP contribution >= 0.6 is 11.3 Å². The number of fused-ring (bicyclic) bond motifs is 2. The van der Waals surface area contributed by atoms with Gasteiger partial charge in [-0.1, -0.05) is 24.3 Å². The van der Waals surface area contributed by atoms with Gasteiger partial charge in [0.05, 0.1) is 38.1 Å². The maximum absolute atomic E-state index is 9.95. The molecule has 0 bridgehead atoms. The Hall–Kier alpha value is -4.26. The van der Waals surface area contributed by atoms with Crippen molar-refractivity contribution in [2.75, 3.05) is 0 Å². The lowest BCUT2D eigenvalue weighted by molar-refractivity contribution is -0.688. The molecule has 4 heterocycles. The van der Waals surface area contributed by atoms with E-state index in [2.05, 4.69) is 17.1 Å². The Kier molecular flexibility index (Phi) is 4.76. The summed E-state index contributed by atoms with van der Waals surface area (Å²) in [5.74, 6) is 0. The van der Waals surface area contributed by atoms with Gasteiger partial charge >= 0.3 is 0 Å². The third-order valence-corrected chi connectivity index (χ3v) is 6.21. The summed E-state index contributed by atoms with van der Waals surface area (Å²) in [6.45, 7) is 0.524. The highest BCUT2D eigenvalue weighted by Gasteiger charge is 2.21. The second-order valence-electron chi connectivity index (χ2n) is 7.01. The fourth-order valence-corrected chi connectivity index (χ4v) is 4.65. The Balaban J connectivity index is 1.73. The van der Waals surface area contributed by atoms with E-state index in [9.17, 15) is 10.5 Å². The van der Waals surface area contributed by atoms with E-state index < -0.39 is 0 Å². The standard InChI is InChI=1S/C25H16N5S/c26-15-18(25-28-21-8-2-3-10-24(21)31-25)14-23-20(17-29-11-5-1-6-12-29)19(16-27)22-9-4-7-13-30(22)23/h1-14H,17H2/q+1/b18-14-. The van der Waals surface area contributed by atoms with Gasteiger partial charge in [-0.25, -0.2) is 9.55 Å². The fraction of sp³-hybridized carbons (Fsp3) is 0.0400. The molecule has 0 atom stereocenters. The van der Waals surface area contributed by atoms with Gasteiger partial charge in [-0.05, 0) is 30.3 Å². The monoisotopic (exact) mass is 418 g/mol. The molecular formula is C25H16N5S+. The highest BCUT2D eigenvalue weighted by molar-refractivity contribution is 7.19. The molecule has 0 unspecified atom stereocenters. The summed E-state index contributed by atoms with van der Waals surface area (Å²) in [6, 6.07) is 24.2. The minimum Gasteiger partial charge on any atom is -0.315 e. The minimum atomic E-state index is 0.480. The molecule has 1 aromatic carbocycles. The van der Waals surface area contributed by atoms with Crippen LogP contribution in [0.1, 0.15) is 21.8 Å². The largest absolute Gasteiger partial charge is 0.315 e. The van der Waals surface area contributed by atoms with Crippen LogP contribution in [-0.4, -0.2) is 9.38 Å². The van der Waals surface area contributed by atoms with Crippen molar-refractivity contribution in [3.8, 4) is 12.1 Å². The van der Waals surface area contributed by atoms with Gasteiger partial charge < -0.3 is 4.40 Å². The van der Waals surface area contributed by atoms with Crippen LogP contribution in [0.4, 0.5) is 0 Å². The van der Waals surface area contributed by atoms with Crippen LogP contribution in [0.3, 0.4) is 0 Å². The van der Waals surface area contributed by atoms with Crippen molar-refractivity contribution in [2.24, 2.45) is 0 Å². The number of para-hydroxylation sites is 1. The average Bonchev–Trinajstić information content (AvgIpc) is 3.37. The van der Waals surface area contributed by atoms with Gasteiger partial charge in [-0.3, -0.25) is 0 Å². The average molecular weight is 419 g/mol. The molecular weight excluding hydrogens is 402 g/mol. The van der Waals surface area contributed by atoms with E-state index in [4.69, 9.17) is 0 Å². The van der Waals surface area contributed by atoms with E-state index >= 15 is 0 Å². The van der Waals surface area contributed by atoms with Crippen LogP contribution in [0.25, 0.3) is 27.4 Å². The molecule has 0 spiro atoms. The molecule has 0 N–H and O–H groups in total. The van der Waals surface area contributed by atoms with Gasteiger partial charge in [-0.15, -0.1) is 11.3 Å². The first kappa shape index (κ1) is 18.7. The van der Waals surface area contributed by atoms with Crippen LogP contribution in [0.15, 0.2) is 79.3 Å². The van der Waals surface area contributed by atoms with Crippen LogP contribution < -0.4 is 4.57 Å². The highest BCUT2D eigenvalue weighted by atomic mass is 32.1. The molecule has 5 rings (SSSR count). The number of hydrogen-bond acceptors (Lipinski definition) is 4. The van der Waals surface area contributed by atoms with E-state index in [0.717, 1.165) is 27.0 Å². The zero-order valence-corrected chi connectivity index (χ0v) is 17.3. The van der Waals surface area contributed by atoms with Gasteiger partial charge in [-0.2, -0.15) is 10.5 Å². The van der Waals surface area contributed by atoms with Crippen LogP contribution in [-0.2, 0) is 6.54 Å². The summed E-state index contributed by atoms with van der Waals surface area (Å²) < 4.78 is 5.04. The van der Waals surface area contributed by atoms with Crippen LogP contribution in [0, 0.1) is 22.7 Å². The first-order valence-electron chi connectivity index (χ1n) is 9.72. The number of benzene rings is 1. The number of allylic oxidation sites excluding steroid dienone is 1. The van der Waals surface area contributed by atoms with E-state index in [1.165, 1.54) is 11.3 Å². The first-order chi connectivity index (χ1) is 15.3. The summed E-state index contributed by atoms with van der Waals surface area (Å²) in [6.07, 6.45) is 7.71. The maximum atomic E-state index is 9.95. The first-order valence-corrected chi connectivity index (χ1v) is 10.5. The van der Waals surface area contributed by atoms with Crippen molar-refractivity contribution in [1.29, 1.82) is 10.5 Å². The Morgan fingerprint density at radius 3 is 2.61 bits per heavy atom. The summed E-state index contributed by atoms with van der Waals surface area (Å²) in [7, 11) is 0. The van der Waals surface area contributed by atoms with E-state index in [0.29, 0.717) is 22.7 Å². The number of rotatable bonds is 4. The van der Waals surface area contributed by atoms with E-state index in [1.807, 2.05) is 94.3 Å². The quantitative estimate of drug-likeness (QED) is 0.310. The van der Waals surface area contributed by atoms with Gasteiger partial charge in [0.2, 0.25) is 0 Å². The lowest BCUT2D eigenvalue weighted by Gasteiger charge is -2.02. The van der Waals surface area contributed by atoms with E-state index in [-0.39, 0.29) is 0 Å². The molecule has 0 fully saturated rings. The minimum absolute atomic E-state index is 0.480. The molecule has 0 aliphatic rings. The molecule has 0 saturated carbocycles. The Morgan fingerprint density at radius 2 is 1.84 bits per heavy atom. The molecule has 4 aromatic heterocycles. The number of aromatic nitrogens is 3. The summed E-state index contributed by atoms with van der Waals surface area (Å²) in [5.41, 5.74) is 4.49. The van der Waals surface area contributed by atoms with Crippen LogP contribution in [0.2, 0.25) is 0 Å². The lowest BCUT2D eigenvalue weighted by atomic mass is 10.1. The number of pyridine rings is 2. The molecule has 0 radical (unpaired) electrons. The maximum Gasteiger partial charge on any atom is 0.177 e. The molecule has 0 aliphatic carbocycles. The van der Waals surface area contributed by atoms with Gasteiger partial charge in [0.15, 0.2) is 18.9 Å². The van der Waals surface area contributed by atoms with Gasteiger partial charge in [0, 0.05) is 18.3 Å². The van der Waals surface area contributed by atoms with E-state index in [1.54, 1.807) is 0 Å². The van der Waals surface area contributed by atoms with Crippen molar-refractivity contribution in [1.82, 2.24) is 9.38 Å². The highest BCUT2D eigenvalue weighted by Crippen LogP contribution is 2.31. The predicted molar refractivity (Wildman–Crippen MR) is 121 cm³/mol. The second-order valence-corrected chi connectivity index (χ2v) is 8.04. The Morgan fingerprint density at radius 1 is 1.03 bits per heavy atom. The van der Waals surface area contributed by atoms with Crippen molar-refractivity contribution in [3.63, 3.8) is 0 Å². The third-order valence-electron chi connectivity index (χ3n) is 5.14. The Labute approximate surface area is 183 Å². The van der Waals surface area contributed by atoms with Crippen molar-refractivity contribution < 1.29 is 4.57 Å². The third kappa shape index (κ3) is 3.36. The van der Waals surface area contributed by atoms with Crippen molar-refractivity contribution >= 4 is 38.7 Å². The number of thiazole rings is 1. The topological polar surface area (TPSA) is 68.8 Å². The Bertz CT molecular complexity index is 1490. The molecule has 0 aliphatic heterocycles. The van der Waals surface area contributed by atoms with Crippen LogP contribution in [0.5, 0.6) is 0 Å². The SMILES string of the molecule is N#C/C(=C/c1c(C[n+]2ccccc2)c(C#N)c2ccccn12)c1nc2ccccc2s1. The molecule has 0 amide bonds. The zero-order valence-electron chi connectivity index (χ0n) is 16.4. The van der Waals surface area contributed by atoms with Gasteiger partial charge in [0.1, 0.15) is 17.1 Å². The predicted octanol–water partition coefficient (Wildman–Crippen LogP) is 4.82. The number of hydrogen-bond donors (Lipinski definition) is 0. The normalized spacial score (nSPS) is 11.5. The summed E-state index contributed by atoms with van der Waals surface area (Å²) >= 11 is 1.50. The van der Waals surface area contributed by atoms with Crippen molar-refractivity contribution in [2.45, 2.75) is 6.54 Å². The van der Waals surface area contributed by atoms with Crippen molar-refractivity contribution in [3.05, 3.63) is 101 Å². The fourth-order valence-electron chi connectivity index (χ4n) is 3.71. The molecule has 146 valence electrons. The second kappa shape index (κ2) is 7.87. The lowest BCUT2D eigenvalue weighted by Crippen LogP contribution is -2.33. The molecule has 5 nitrogen and oxygen atoms in total. The van der Waals surface area contributed by atoms with Gasteiger partial charge in [0.25, 0.3) is 0 Å².